The fraction of sp³-hybridized carbons (Fsp3) is 0.500. The van der Waals surface area contributed by atoms with Crippen LogP contribution in [-0.4, -0.2) is 22.2 Å². The van der Waals surface area contributed by atoms with E-state index >= 15 is 0 Å². The number of aromatic hydroxyl groups is 1. The lowest BCUT2D eigenvalue weighted by Gasteiger charge is -2.18. The van der Waals surface area contributed by atoms with Gasteiger partial charge in [0.25, 0.3) is 0 Å². The topological polar surface area (TPSA) is 32.3 Å². The van der Waals surface area contributed by atoms with Crippen molar-refractivity contribution in [2.24, 2.45) is 0 Å². The van der Waals surface area contributed by atoms with Crippen molar-refractivity contribution in [3.8, 4) is 5.75 Å². The van der Waals surface area contributed by atoms with Crippen LogP contribution in [0.5, 0.6) is 5.75 Å². The van der Waals surface area contributed by atoms with E-state index in [2.05, 4.69) is 12.2 Å². The average molecular weight is 223 g/mol. The quantitative estimate of drug-likeness (QED) is 0.756. The highest BCUT2D eigenvalue weighted by Gasteiger charge is 2.23. The molecule has 0 aromatic heterocycles. The predicted molar refractivity (Wildman–Crippen MR) is 66.8 cm³/mol. The normalized spacial score (nSPS) is 25.5. The Morgan fingerprint density at radius 3 is 2.87 bits per heavy atom. The highest BCUT2D eigenvalue weighted by Crippen LogP contribution is 2.29. The van der Waals surface area contributed by atoms with Gasteiger partial charge in [-0.1, -0.05) is 6.92 Å². The summed E-state index contributed by atoms with van der Waals surface area (Å²) in [7, 11) is 0. The highest BCUT2D eigenvalue weighted by atomic mass is 32.2. The molecule has 2 unspecified atom stereocenters. The summed E-state index contributed by atoms with van der Waals surface area (Å²) >= 11 is 2.02. The lowest BCUT2D eigenvalue weighted by molar-refractivity contribution is 0.471. The Morgan fingerprint density at radius 2 is 2.27 bits per heavy atom. The van der Waals surface area contributed by atoms with Crippen LogP contribution in [0.2, 0.25) is 0 Å². The molecule has 0 radical (unpaired) electrons. The van der Waals surface area contributed by atoms with Gasteiger partial charge in [-0.25, -0.2) is 0 Å². The summed E-state index contributed by atoms with van der Waals surface area (Å²) < 4.78 is 0. The molecular weight excluding hydrogens is 206 g/mol. The average Bonchev–Trinajstić information content (AvgIpc) is 2.59. The summed E-state index contributed by atoms with van der Waals surface area (Å²) in [5.74, 6) is 1.62. The Kier molecular flexibility index (Phi) is 3.10. The van der Waals surface area contributed by atoms with Crippen LogP contribution < -0.4 is 5.32 Å². The fourth-order valence-corrected chi connectivity index (χ4v) is 3.08. The largest absolute Gasteiger partial charge is 0.508 e. The van der Waals surface area contributed by atoms with Gasteiger partial charge in [-0.3, -0.25) is 0 Å². The number of hydrogen-bond acceptors (Lipinski definition) is 3. The van der Waals surface area contributed by atoms with Crippen molar-refractivity contribution in [3.63, 3.8) is 0 Å². The van der Waals surface area contributed by atoms with Crippen LogP contribution in [0, 0.1) is 6.92 Å². The molecular formula is C12H17NOS. The minimum Gasteiger partial charge on any atom is -0.508 e. The van der Waals surface area contributed by atoms with Gasteiger partial charge in [-0.05, 0) is 42.9 Å². The number of benzene rings is 1. The van der Waals surface area contributed by atoms with Crippen molar-refractivity contribution in [1.29, 1.82) is 0 Å². The molecule has 2 N–H and O–H groups in total. The molecule has 0 saturated carbocycles. The zero-order valence-corrected chi connectivity index (χ0v) is 9.97. The first-order chi connectivity index (χ1) is 7.16. The Bertz CT molecular complexity index is 353. The van der Waals surface area contributed by atoms with Gasteiger partial charge in [0.1, 0.15) is 5.75 Å². The molecule has 1 saturated heterocycles. The minimum atomic E-state index is 0.370. The SMILES string of the molecule is Cc1cc(NC2CCSC2C)ccc1O. The van der Waals surface area contributed by atoms with Crippen LogP contribution in [0.1, 0.15) is 18.9 Å². The molecule has 0 spiro atoms. The number of rotatable bonds is 2. The smallest absolute Gasteiger partial charge is 0.118 e. The summed E-state index contributed by atoms with van der Waals surface area (Å²) in [4.78, 5) is 0. The summed E-state index contributed by atoms with van der Waals surface area (Å²) in [6.07, 6.45) is 1.23. The molecule has 3 heteroatoms. The van der Waals surface area contributed by atoms with Crippen molar-refractivity contribution in [1.82, 2.24) is 0 Å². The van der Waals surface area contributed by atoms with E-state index in [4.69, 9.17) is 0 Å². The van der Waals surface area contributed by atoms with Gasteiger partial charge in [0.2, 0.25) is 0 Å². The van der Waals surface area contributed by atoms with Gasteiger partial charge < -0.3 is 10.4 Å². The van der Waals surface area contributed by atoms with Crippen molar-refractivity contribution in [2.75, 3.05) is 11.1 Å². The van der Waals surface area contributed by atoms with Gasteiger partial charge in [0, 0.05) is 17.0 Å². The maximum absolute atomic E-state index is 9.42. The molecule has 1 aliphatic rings. The molecule has 0 amide bonds. The van der Waals surface area contributed by atoms with E-state index in [1.807, 2.05) is 30.8 Å². The fourth-order valence-electron chi connectivity index (χ4n) is 1.88. The van der Waals surface area contributed by atoms with Gasteiger partial charge in [-0.15, -0.1) is 0 Å². The maximum Gasteiger partial charge on any atom is 0.118 e. The number of aryl methyl sites for hydroxylation is 1. The van der Waals surface area contributed by atoms with Gasteiger partial charge in [-0.2, -0.15) is 11.8 Å². The molecule has 15 heavy (non-hydrogen) atoms. The van der Waals surface area contributed by atoms with E-state index in [1.54, 1.807) is 6.07 Å². The van der Waals surface area contributed by atoms with Crippen molar-refractivity contribution < 1.29 is 5.11 Å². The molecule has 82 valence electrons. The minimum absolute atomic E-state index is 0.370. The molecule has 1 aromatic carbocycles. The van der Waals surface area contributed by atoms with Crippen molar-refractivity contribution >= 4 is 17.4 Å². The van der Waals surface area contributed by atoms with E-state index in [0.29, 0.717) is 17.0 Å². The molecule has 0 bridgehead atoms. The summed E-state index contributed by atoms with van der Waals surface area (Å²) in [5, 5.41) is 13.6. The Hall–Kier alpha value is -0.830. The number of phenols is 1. The van der Waals surface area contributed by atoms with Gasteiger partial charge >= 0.3 is 0 Å². The second-order valence-electron chi connectivity index (χ2n) is 4.12. The Morgan fingerprint density at radius 1 is 1.47 bits per heavy atom. The van der Waals surface area contributed by atoms with Crippen molar-refractivity contribution in [3.05, 3.63) is 23.8 Å². The predicted octanol–water partition coefficient (Wildman–Crippen LogP) is 3.01. The molecule has 2 atom stereocenters. The second kappa shape index (κ2) is 4.35. The lowest BCUT2D eigenvalue weighted by Crippen LogP contribution is -2.24. The van der Waals surface area contributed by atoms with Crippen molar-refractivity contribution in [2.45, 2.75) is 31.6 Å². The van der Waals surface area contributed by atoms with E-state index in [1.165, 1.54) is 12.2 Å². The van der Waals surface area contributed by atoms with Crippen LogP contribution in [-0.2, 0) is 0 Å². The first-order valence-corrected chi connectivity index (χ1v) is 6.39. The van der Waals surface area contributed by atoms with Crippen LogP contribution in [0.25, 0.3) is 0 Å². The summed E-state index contributed by atoms with van der Waals surface area (Å²) in [5.41, 5.74) is 2.04. The van der Waals surface area contributed by atoms with Crippen LogP contribution in [0.3, 0.4) is 0 Å². The van der Waals surface area contributed by atoms with E-state index < -0.39 is 0 Å². The third-order valence-corrected chi connectivity index (χ3v) is 4.25. The molecule has 0 aliphatic carbocycles. The molecule has 1 aliphatic heterocycles. The number of anilines is 1. The van der Waals surface area contributed by atoms with E-state index in [-0.39, 0.29) is 0 Å². The van der Waals surface area contributed by atoms with Crippen LogP contribution in [0.4, 0.5) is 5.69 Å². The third kappa shape index (κ3) is 2.40. The zero-order chi connectivity index (χ0) is 10.8. The summed E-state index contributed by atoms with van der Waals surface area (Å²) in [6.45, 7) is 4.19. The molecule has 2 nitrogen and oxygen atoms in total. The first-order valence-electron chi connectivity index (χ1n) is 5.34. The van der Waals surface area contributed by atoms with E-state index in [9.17, 15) is 5.11 Å². The number of phenolic OH excluding ortho intramolecular Hbond substituents is 1. The number of nitrogens with one attached hydrogen (secondary N) is 1. The highest BCUT2D eigenvalue weighted by molar-refractivity contribution is 8.00. The van der Waals surface area contributed by atoms with Gasteiger partial charge in [0.05, 0.1) is 0 Å². The Labute approximate surface area is 95.1 Å². The maximum atomic E-state index is 9.42. The molecule has 1 heterocycles. The monoisotopic (exact) mass is 223 g/mol. The summed E-state index contributed by atoms with van der Waals surface area (Å²) in [6, 6.07) is 6.27. The molecule has 2 rings (SSSR count). The van der Waals surface area contributed by atoms with Crippen LogP contribution in [0.15, 0.2) is 18.2 Å². The van der Waals surface area contributed by atoms with Gasteiger partial charge in [0.15, 0.2) is 0 Å². The number of thioether (sulfide) groups is 1. The standard InChI is InChI=1S/C12H17NOS/c1-8-7-10(3-4-12(8)14)13-11-5-6-15-9(11)2/h3-4,7,9,11,13-14H,5-6H2,1-2H3. The Balaban J connectivity index is 2.07. The van der Waals surface area contributed by atoms with E-state index in [0.717, 1.165) is 11.3 Å². The lowest BCUT2D eigenvalue weighted by atomic mass is 10.1. The second-order valence-corrected chi connectivity index (χ2v) is 5.60. The number of hydrogen-bond donors (Lipinski definition) is 2. The molecule has 1 fully saturated rings. The zero-order valence-electron chi connectivity index (χ0n) is 9.16. The first kappa shape index (κ1) is 10.7. The third-order valence-electron chi connectivity index (χ3n) is 2.93. The van der Waals surface area contributed by atoms with Crippen LogP contribution >= 0.6 is 11.8 Å². The molecule has 1 aromatic rings.